The number of ether oxygens (including phenoxy) is 1. The van der Waals surface area contributed by atoms with Gasteiger partial charge in [0.05, 0.1) is 18.0 Å². The molecular formula is C19H21N3O2S. The fraction of sp³-hybridized carbons (Fsp3) is 0.263. The maximum Gasteiger partial charge on any atom is 0.251 e. The number of benzene rings is 1. The standard InChI is InChI=1S/C19H21N3O2S/c1-3-24-16-8-6-15(7-9-16)19(23)20-10-11-22-14(2)13-17(21-22)18-5-4-12-25-18/h4-9,12-13H,3,10-11H2,1-2H3,(H,20,23). The fourth-order valence-electron chi connectivity index (χ4n) is 2.53. The lowest BCUT2D eigenvalue weighted by atomic mass is 10.2. The van der Waals surface area contributed by atoms with Crippen molar-refractivity contribution in [3.05, 3.63) is 59.1 Å². The molecule has 0 bridgehead atoms. The highest BCUT2D eigenvalue weighted by Crippen LogP contribution is 2.23. The number of nitrogens with one attached hydrogen (secondary N) is 1. The molecule has 0 unspecified atom stereocenters. The van der Waals surface area contributed by atoms with Crippen LogP contribution in [0.25, 0.3) is 10.6 Å². The van der Waals surface area contributed by atoms with Crippen molar-refractivity contribution in [3.63, 3.8) is 0 Å². The van der Waals surface area contributed by atoms with E-state index in [2.05, 4.69) is 22.5 Å². The highest BCUT2D eigenvalue weighted by Gasteiger charge is 2.09. The maximum atomic E-state index is 12.2. The van der Waals surface area contributed by atoms with Gasteiger partial charge in [0.2, 0.25) is 0 Å². The summed E-state index contributed by atoms with van der Waals surface area (Å²) in [5, 5.41) is 9.59. The highest BCUT2D eigenvalue weighted by molar-refractivity contribution is 7.13. The van der Waals surface area contributed by atoms with E-state index in [1.54, 1.807) is 23.5 Å². The summed E-state index contributed by atoms with van der Waals surface area (Å²) in [5.74, 6) is 0.679. The molecule has 3 rings (SSSR count). The number of carbonyl (C=O) groups is 1. The van der Waals surface area contributed by atoms with Crippen molar-refractivity contribution in [2.45, 2.75) is 20.4 Å². The van der Waals surface area contributed by atoms with E-state index in [-0.39, 0.29) is 5.91 Å². The monoisotopic (exact) mass is 355 g/mol. The summed E-state index contributed by atoms with van der Waals surface area (Å²) in [7, 11) is 0. The van der Waals surface area contributed by atoms with Gasteiger partial charge in [-0.1, -0.05) is 6.07 Å². The largest absolute Gasteiger partial charge is 0.494 e. The van der Waals surface area contributed by atoms with Crippen molar-refractivity contribution >= 4 is 17.2 Å². The molecule has 1 amide bonds. The Bertz CT molecular complexity index is 823. The summed E-state index contributed by atoms with van der Waals surface area (Å²) in [6.45, 7) is 5.74. The van der Waals surface area contributed by atoms with Gasteiger partial charge >= 0.3 is 0 Å². The van der Waals surface area contributed by atoms with Crippen LogP contribution in [0.3, 0.4) is 0 Å². The molecule has 25 heavy (non-hydrogen) atoms. The van der Waals surface area contributed by atoms with Crippen LogP contribution in [-0.2, 0) is 6.54 Å². The zero-order chi connectivity index (χ0) is 17.6. The molecule has 1 aromatic carbocycles. The second-order valence-electron chi connectivity index (χ2n) is 5.58. The molecule has 0 atom stereocenters. The van der Waals surface area contributed by atoms with Crippen molar-refractivity contribution in [2.75, 3.05) is 13.2 Å². The Balaban J connectivity index is 1.55. The molecule has 0 saturated heterocycles. The van der Waals surface area contributed by atoms with Crippen LogP contribution in [0.4, 0.5) is 0 Å². The van der Waals surface area contributed by atoms with Crippen LogP contribution in [0, 0.1) is 6.92 Å². The van der Waals surface area contributed by atoms with Crippen LogP contribution >= 0.6 is 11.3 Å². The number of amides is 1. The second-order valence-corrected chi connectivity index (χ2v) is 6.53. The second kappa shape index (κ2) is 7.98. The number of aromatic nitrogens is 2. The van der Waals surface area contributed by atoms with Gasteiger partial charge in [0, 0.05) is 17.8 Å². The first-order valence-electron chi connectivity index (χ1n) is 8.26. The van der Waals surface area contributed by atoms with Crippen molar-refractivity contribution in [1.82, 2.24) is 15.1 Å². The first-order chi connectivity index (χ1) is 12.2. The molecule has 6 heteroatoms. The molecule has 3 aromatic rings. The smallest absolute Gasteiger partial charge is 0.251 e. The van der Waals surface area contributed by atoms with Gasteiger partial charge in [0.15, 0.2) is 0 Å². The number of hydrogen-bond donors (Lipinski definition) is 1. The summed E-state index contributed by atoms with van der Waals surface area (Å²) in [6, 6.07) is 13.3. The van der Waals surface area contributed by atoms with Crippen LogP contribution in [-0.4, -0.2) is 28.8 Å². The van der Waals surface area contributed by atoms with Crippen LogP contribution in [0.2, 0.25) is 0 Å². The molecule has 0 aliphatic rings. The van der Waals surface area contributed by atoms with E-state index < -0.39 is 0 Å². The van der Waals surface area contributed by atoms with Gasteiger partial charge in [0.25, 0.3) is 5.91 Å². The Hall–Kier alpha value is -2.60. The van der Waals surface area contributed by atoms with Crippen LogP contribution < -0.4 is 10.1 Å². The SMILES string of the molecule is CCOc1ccc(C(=O)NCCn2nc(-c3cccs3)cc2C)cc1. The molecule has 2 heterocycles. The number of rotatable bonds is 7. The summed E-state index contributed by atoms with van der Waals surface area (Å²) < 4.78 is 7.31. The predicted octanol–water partition coefficient (Wildman–Crippen LogP) is 3.75. The molecule has 0 aliphatic heterocycles. The molecule has 1 N–H and O–H groups in total. The van der Waals surface area contributed by atoms with Crippen molar-refractivity contribution in [1.29, 1.82) is 0 Å². The quantitative estimate of drug-likeness (QED) is 0.702. The van der Waals surface area contributed by atoms with Crippen LogP contribution in [0.5, 0.6) is 5.75 Å². The van der Waals surface area contributed by atoms with E-state index in [0.717, 1.165) is 22.0 Å². The number of thiophene rings is 1. The molecular weight excluding hydrogens is 334 g/mol. The number of hydrogen-bond acceptors (Lipinski definition) is 4. The summed E-state index contributed by atoms with van der Waals surface area (Å²) in [6.07, 6.45) is 0. The van der Waals surface area contributed by atoms with E-state index >= 15 is 0 Å². The average molecular weight is 355 g/mol. The van der Waals surface area contributed by atoms with Crippen molar-refractivity contribution < 1.29 is 9.53 Å². The van der Waals surface area contributed by atoms with Crippen molar-refractivity contribution in [3.8, 4) is 16.3 Å². The molecule has 2 aromatic heterocycles. The number of nitrogens with zero attached hydrogens (tertiary/aromatic N) is 2. The van der Waals surface area contributed by atoms with E-state index in [0.29, 0.717) is 25.3 Å². The van der Waals surface area contributed by atoms with Gasteiger partial charge in [-0.3, -0.25) is 9.48 Å². The normalized spacial score (nSPS) is 10.6. The third-order valence-corrected chi connectivity index (χ3v) is 4.68. The predicted molar refractivity (Wildman–Crippen MR) is 100 cm³/mol. The van der Waals surface area contributed by atoms with Gasteiger partial charge in [0.1, 0.15) is 11.4 Å². The zero-order valence-corrected chi connectivity index (χ0v) is 15.2. The lowest BCUT2D eigenvalue weighted by Gasteiger charge is -2.08. The van der Waals surface area contributed by atoms with Crippen LogP contribution in [0.1, 0.15) is 23.0 Å². The zero-order valence-electron chi connectivity index (χ0n) is 14.4. The third-order valence-electron chi connectivity index (χ3n) is 3.79. The number of aryl methyl sites for hydroxylation is 1. The molecule has 5 nitrogen and oxygen atoms in total. The van der Waals surface area contributed by atoms with E-state index in [1.165, 1.54) is 0 Å². The Labute approximate surface area is 151 Å². The minimum absolute atomic E-state index is 0.0914. The lowest BCUT2D eigenvalue weighted by Crippen LogP contribution is -2.27. The molecule has 0 saturated carbocycles. The Morgan fingerprint density at radius 1 is 1.28 bits per heavy atom. The average Bonchev–Trinajstić information content (AvgIpc) is 3.26. The minimum atomic E-state index is -0.0914. The van der Waals surface area contributed by atoms with E-state index in [9.17, 15) is 4.79 Å². The Kier molecular flexibility index (Phi) is 5.50. The topological polar surface area (TPSA) is 56.1 Å². The molecule has 0 radical (unpaired) electrons. The van der Waals surface area contributed by atoms with Gasteiger partial charge in [-0.05, 0) is 55.6 Å². The van der Waals surface area contributed by atoms with Gasteiger partial charge in [-0.2, -0.15) is 5.10 Å². The Morgan fingerprint density at radius 3 is 2.76 bits per heavy atom. The molecule has 0 fully saturated rings. The third kappa shape index (κ3) is 4.28. The fourth-order valence-corrected chi connectivity index (χ4v) is 3.21. The summed E-state index contributed by atoms with van der Waals surface area (Å²) >= 11 is 1.67. The first kappa shape index (κ1) is 17.2. The Morgan fingerprint density at radius 2 is 2.08 bits per heavy atom. The van der Waals surface area contributed by atoms with Crippen LogP contribution in [0.15, 0.2) is 47.8 Å². The van der Waals surface area contributed by atoms with Crippen molar-refractivity contribution in [2.24, 2.45) is 0 Å². The van der Waals surface area contributed by atoms with E-state index in [1.807, 2.05) is 42.1 Å². The number of carbonyl (C=O) groups excluding carboxylic acids is 1. The van der Waals surface area contributed by atoms with Gasteiger partial charge < -0.3 is 10.1 Å². The van der Waals surface area contributed by atoms with Gasteiger partial charge in [-0.15, -0.1) is 11.3 Å². The maximum absolute atomic E-state index is 12.2. The molecule has 130 valence electrons. The molecule has 0 aliphatic carbocycles. The van der Waals surface area contributed by atoms with E-state index in [4.69, 9.17) is 4.74 Å². The van der Waals surface area contributed by atoms with Gasteiger partial charge in [-0.25, -0.2) is 0 Å². The first-order valence-corrected chi connectivity index (χ1v) is 9.14. The highest BCUT2D eigenvalue weighted by atomic mass is 32.1. The minimum Gasteiger partial charge on any atom is -0.494 e. The lowest BCUT2D eigenvalue weighted by molar-refractivity contribution is 0.0952. The summed E-state index contributed by atoms with van der Waals surface area (Å²) in [4.78, 5) is 13.4. The summed E-state index contributed by atoms with van der Waals surface area (Å²) in [5.41, 5.74) is 2.68. The molecule has 0 spiro atoms.